The van der Waals surface area contributed by atoms with E-state index in [2.05, 4.69) is 20.3 Å². The van der Waals surface area contributed by atoms with E-state index in [-0.39, 0.29) is 23.6 Å². The molecule has 0 saturated heterocycles. The van der Waals surface area contributed by atoms with E-state index < -0.39 is 29.6 Å². The van der Waals surface area contributed by atoms with E-state index in [1.165, 1.54) is 19.5 Å². The van der Waals surface area contributed by atoms with Crippen molar-refractivity contribution < 1.29 is 31.8 Å². The summed E-state index contributed by atoms with van der Waals surface area (Å²) in [6.45, 7) is 3.15. The molecule has 0 radical (unpaired) electrons. The van der Waals surface area contributed by atoms with Crippen LogP contribution in [0.2, 0.25) is 0 Å². The van der Waals surface area contributed by atoms with Gasteiger partial charge >= 0.3 is 6.18 Å². The summed E-state index contributed by atoms with van der Waals surface area (Å²) in [5.41, 5.74) is -2.17. The van der Waals surface area contributed by atoms with Crippen molar-refractivity contribution in [3.63, 3.8) is 0 Å². The predicted molar refractivity (Wildman–Crippen MR) is 96.0 cm³/mol. The highest BCUT2D eigenvalue weighted by Gasteiger charge is 2.50. The van der Waals surface area contributed by atoms with Crippen LogP contribution in [0.3, 0.4) is 0 Å². The Balaban J connectivity index is 2.10. The molecule has 0 aliphatic heterocycles. The van der Waals surface area contributed by atoms with E-state index in [9.17, 15) is 22.4 Å². The highest BCUT2D eigenvalue weighted by atomic mass is 19.4. The second-order valence-electron chi connectivity index (χ2n) is 6.61. The van der Waals surface area contributed by atoms with Crippen LogP contribution in [-0.2, 0) is 9.53 Å². The number of halogens is 4. The molecule has 158 valence electrons. The number of pyridine rings is 1. The predicted octanol–water partition coefficient (Wildman–Crippen LogP) is 3.41. The summed E-state index contributed by atoms with van der Waals surface area (Å²) in [4.78, 5) is 23.5. The summed E-state index contributed by atoms with van der Waals surface area (Å²) in [6.07, 6.45) is -1.49. The van der Waals surface area contributed by atoms with Gasteiger partial charge in [-0.05, 0) is 26.8 Å². The normalized spacial score (nSPS) is 13.1. The van der Waals surface area contributed by atoms with Gasteiger partial charge in [-0.1, -0.05) is 0 Å². The number of ketones is 1. The van der Waals surface area contributed by atoms with Crippen molar-refractivity contribution in [2.24, 2.45) is 0 Å². The quantitative estimate of drug-likeness (QED) is 0.660. The lowest BCUT2D eigenvalue weighted by atomic mass is 10.1. The van der Waals surface area contributed by atoms with Gasteiger partial charge in [0.1, 0.15) is 11.9 Å². The molecule has 0 saturated carbocycles. The van der Waals surface area contributed by atoms with Gasteiger partial charge in [-0.3, -0.25) is 9.78 Å². The molecule has 11 heteroatoms. The van der Waals surface area contributed by atoms with Crippen molar-refractivity contribution in [3.8, 4) is 17.1 Å². The molecule has 1 unspecified atom stereocenters. The highest BCUT2D eigenvalue weighted by molar-refractivity contribution is 5.86. The van der Waals surface area contributed by atoms with E-state index in [1.807, 2.05) is 0 Å². The molecule has 0 spiro atoms. The second kappa shape index (κ2) is 8.68. The van der Waals surface area contributed by atoms with Crippen LogP contribution in [0.5, 0.6) is 5.88 Å². The number of alkyl halides is 3. The van der Waals surface area contributed by atoms with Gasteiger partial charge in [0, 0.05) is 18.9 Å². The molecular formula is C18H20F4N4O3. The summed E-state index contributed by atoms with van der Waals surface area (Å²) in [7, 11) is 1.42. The number of ether oxygens (including phenoxy) is 2. The lowest BCUT2D eigenvalue weighted by Gasteiger charge is -2.28. The number of carbonyl (C=O) groups excluding carboxylic acids is 1. The third-order valence-electron chi connectivity index (χ3n) is 4.04. The molecule has 0 aliphatic carbocycles. The number of hydrogen-bond acceptors (Lipinski definition) is 7. The van der Waals surface area contributed by atoms with Gasteiger partial charge in [0.2, 0.25) is 0 Å². The summed E-state index contributed by atoms with van der Waals surface area (Å²) in [5, 5.41) is 2.78. The van der Waals surface area contributed by atoms with E-state index in [0.717, 1.165) is 26.1 Å². The number of anilines is 1. The summed E-state index contributed by atoms with van der Waals surface area (Å²) in [5.74, 6) is -1.70. The number of Topliss-reactive ketones (excluding diaryl/α,β-unsaturated/α-hetero) is 1. The minimum Gasteiger partial charge on any atom is -0.460 e. The smallest absolute Gasteiger partial charge is 0.427 e. The average Bonchev–Trinajstić information content (AvgIpc) is 2.66. The van der Waals surface area contributed by atoms with Gasteiger partial charge in [0.15, 0.2) is 17.2 Å². The maximum atomic E-state index is 14.2. The minimum atomic E-state index is -4.70. The lowest BCUT2D eigenvalue weighted by Crippen LogP contribution is -2.45. The van der Waals surface area contributed by atoms with Crippen molar-refractivity contribution in [3.05, 3.63) is 30.5 Å². The Kier molecular flexibility index (Phi) is 6.73. The van der Waals surface area contributed by atoms with Gasteiger partial charge in [-0.25, -0.2) is 14.4 Å². The molecule has 0 aromatic carbocycles. The number of methoxy groups -OCH3 is 1. The maximum Gasteiger partial charge on any atom is 0.427 e. The molecule has 0 fully saturated rings. The fraction of sp³-hybridized carbons (Fsp3) is 0.444. The van der Waals surface area contributed by atoms with Crippen LogP contribution in [0.15, 0.2) is 24.7 Å². The molecule has 2 rings (SSSR count). The van der Waals surface area contributed by atoms with Gasteiger partial charge < -0.3 is 14.8 Å². The van der Waals surface area contributed by atoms with Gasteiger partial charge in [0.25, 0.3) is 5.88 Å². The average molecular weight is 416 g/mol. The molecule has 2 aromatic rings. The standard InChI is InChI=1S/C18H20F4N4O3/c1-10(28-4)14(27)8-25-15-9-23-13(7-24-15)11-5-12(19)16(26-6-11)29-17(2,3)18(20,21)22/h5-7,9-10H,8H2,1-4H3,(H,24,25). The molecule has 0 aliphatic rings. The van der Waals surface area contributed by atoms with Crippen molar-refractivity contribution in [2.45, 2.75) is 38.7 Å². The Hall–Kier alpha value is -2.82. The zero-order valence-electron chi connectivity index (χ0n) is 16.2. The topological polar surface area (TPSA) is 86.2 Å². The maximum absolute atomic E-state index is 14.2. The third kappa shape index (κ3) is 5.59. The van der Waals surface area contributed by atoms with Crippen LogP contribution in [0.25, 0.3) is 11.3 Å². The Morgan fingerprint density at radius 3 is 2.38 bits per heavy atom. The van der Waals surface area contributed by atoms with E-state index in [4.69, 9.17) is 9.47 Å². The molecule has 0 amide bonds. The van der Waals surface area contributed by atoms with Crippen LogP contribution in [0, 0.1) is 5.82 Å². The summed E-state index contributed by atoms with van der Waals surface area (Å²) < 4.78 is 62.4. The van der Waals surface area contributed by atoms with Gasteiger partial charge in [-0.15, -0.1) is 0 Å². The number of carbonyl (C=O) groups is 1. The van der Waals surface area contributed by atoms with Crippen LogP contribution >= 0.6 is 0 Å². The second-order valence-corrected chi connectivity index (χ2v) is 6.61. The molecule has 7 nitrogen and oxygen atoms in total. The highest BCUT2D eigenvalue weighted by Crippen LogP contribution is 2.34. The molecular weight excluding hydrogens is 396 g/mol. The SMILES string of the molecule is COC(C)C(=O)CNc1cnc(-c2cnc(OC(C)(C)C(F)(F)F)c(F)c2)cn1. The zero-order chi connectivity index (χ0) is 21.8. The molecule has 29 heavy (non-hydrogen) atoms. The van der Waals surface area contributed by atoms with Crippen LogP contribution in [0.4, 0.5) is 23.4 Å². The van der Waals surface area contributed by atoms with Crippen LogP contribution in [0.1, 0.15) is 20.8 Å². The van der Waals surface area contributed by atoms with Crippen molar-refractivity contribution in [1.82, 2.24) is 15.0 Å². The lowest BCUT2D eigenvalue weighted by molar-refractivity contribution is -0.235. The van der Waals surface area contributed by atoms with E-state index in [0.29, 0.717) is 5.82 Å². The molecule has 1 N–H and O–H groups in total. The Labute approximate surface area is 164 Å². The Morgan fingerprint density at radius 1 is 1.17 bits per heavy atom. The molecule has 2 aromatic heterocycles. The van der Waals surface area contributed by atoms with Crippen LogP contribution < -0.4 is 10.1 Å². The first kappa shape index (κ1) is 22.5. The van der Waals surface area contributed by atoms with Crippen molar-refractivity contribution in [2.75, 3.05) is 19.0 Å². The zero-order valence-corrected chi connectivity index (χ0v) is 16.2. The number of hydrogen-bond donors (Lipinski definition) is 1. The monoisotopic (exact) mass is 416 g/mol. The molecule has 2 heterocycles. The van der Waals surface area contributed by atoms with Crippen LogP contribution in [-0.4, -0.2) is 52.3 Å². The summed E-state index contributed by atoms with van der Waals surface area (Å²) >= 11 is 0. The first-order chi connectivity index (χ1) is 13.4. The number of rotatable bonds is 8. The number of aromatic nitrogens is 3. The fourth-order valence-corrected chi connectivity index (χ4v) is 1.96. The third-order valence-corrected chi connectivity index (χ3v) is 4.04. The van der Waals surface area contributed by atoms with Crippen molar-refractivity contribution >= 4 is 11.6 Å². The van der Waals surface area contributed by atoms with E-state index >= 15 is 0 Å². The van der Waals surface area contributed by atoms with Gasteiger partial charge in [0.05, 0.1) is 24.6 Å². The van der Waals surface area contributed by atoms with Gasteiger partial charge in [-0.2, -0.15) is 13.2 Å². The number of nitrogens with one attached hydrogen (secondary N) is 1. The largest absolute Gasteiger partial charge is 0.460 e. The molecule has 1 atom stereocenters. The fourth-order valence-electron chi connectivity index (χ4n) is 1.96. The Morgan fingerprint density at radius 2 is 1.86 bits per heavy atom. The van der Waals surface area contributed by atoms with Crippen molar-refractivity contribution in [1.29, 1.82) is 0 Å². The number of nitrogens with zero attached hydrogens (tertiary/aromatic N) is 3. The minimum absolute atomic E-state index is 0.0136. The van der Waals surface area contributed by atoms with E-state index in [1.54, 1.807) is 6.92 Å². The summed E-state index contributed by atoms with van der Waals surface area (Å²) in [6, 6.07) is 0.954. The molecule has 0 bridgehead atoms. The first-order valence-electron chi connectivity index (χ1n) is 8.47. The first-order valence-corrected chi connectivity index (χ1v) is 8.47. The Bertz CT molecular complexity index is 857.